The first kappa shape index (κ1) is 18.7. The van der Waals surface area contributed by atoms with Crippen LogP contribution in [0.2, 0.25) is 0 Å². The van der Waals surface area contributed by atoms with Crippen molar-refractivity contribution in [2.45, 2.75) is 19.5 Å². The summed E-state index contributed by atoms with van der Waals surface area (Å²) in [5, 5.41) is 6.54. The summed E-state index contributed by atoms with van der Waals surface area (Å²) < 4.78 is 7.20. The number of nitrogens with zero attached hydrogens (tertiary/aromatic N) is 3. The molecule has 0 saturated carbocycles. The van der Waals surface area contributed by atoms with Gasteiger partial charge in [-0.25, -0.2) is 4.98 Å². The first-order valence-corrected chi connectivity index (χ1v) is 7.02. The third kappa shape index (κ3) is 4.57. The number of aromatic nitrogens is 2. The van der Waals surface area contributed by atoms with E-state index in [2.05, 4.69) is 31.2 Å². The molecule has 122 valence electrons. The minimum atomic E-state index is 0. The average Bonchev–Trinajstić information content (AvgIpc) is 2.81. The lowest BCUT2D eigenvalue weighted by Gasteiger charge is -2.17. The number of para-hydroxylation sites is 2. The van der Waals surface area contributed by atoms with Gasteiger partial charge in [-0.05, 0) is 19.1 Å². The Balaban J connectivity index is 0.00000242. The molecule has 0 aliphatic rings. The van der Waals surface area contributed by atoms with Crippen LogP contribution in [0.15, 0.2) is 29.3 Å². The summed E-state index contributed by atoms with van der Waals surface area (Å²) >= 11 is 0. The fourth-order valence-electron chi connectivity index (χ4n) is 2.24. The van der Waals surface area contributed by atoms with E-state index in [1.54, 1.807) is 14.2 Å². The number of nitrogens with one attached hydrogen (secondary N) is 2. The predicted molar refractivity (Wildman–Crippen MR) is 101 cm³/mol. The number of fused-ring (bicyclic) bond motifs is 1. The van der Waals surface area contributed by atoms with Gasteiger partial charge in [0.15, 0.2) is 5.96 Å². The molecule has 0 saturated heterocycles. The summed E-state index contributed by atoms with van der Waals surface area (Å²) in [6.07, 6.45) is 0. The monoisotopic (exact) mass is 417 g/mol. The largest absolute Gasteiger partial charge is 0.383 e. The Labute approximate surface area is 148 Å². The molecule has 0 amide bonds. The van der Waals surface area contributed by atoms with Crippen LogP contribution in [0.1, 0.15) is 12.7 Å². The molecule has 7 heteroatoms. The Morgan fingerprint density at radius 1 is 1.41 bits per heavy atom. The highest BCUT2D eigenvalue weighted by Crippen LogP contribution is 2.13. The van der Waals surface area contributed by atoms with Crippen LogP contribution < -0.4 is 10.6 Å². The lowest BCUT2D eigenvalue weighted by Crippen LogP contribution is -2.43. The minimum absolute atomic E-state index is 0. The van der Waals surface area contributed by atoms with E-state index in [9.17, 15) is 0 Å². The number of aliphatic imine (C=N–C) groups is 1. The summed E-state index contributed by atoms with van der Waals surface area (Å²) in [4.78, 5) is 8.84. The second-order valence-corrected chi connectivity index (χ2v) is 5.00. The number of benzene rings is 1. The van der Waals surface area contributed by atoms with Gasteiger partial charge in [-0.3, -0.25) is 4.99 Å². The maximum Gasteiger partial charge on any atom is 0.191 e. The van der Waals surface area contributed by atoms with E-state index >= 15 is 0 Å². The van der Waals surface area contributed by atoms with Gasteiger partial charge in [-0.15, -0.1) is 24.0 Å². The maximum atomic E-state index is 5.11. The van der Waals surface area contributed by atoms with Crippen LogP contribution in [0.5, 0.6) is 0 Å². The maximum absolute atomic E-state index is 5.11. The van der Waals surface area contributed by atoms with Crippen LogP contribution in [0.3, 0.4) is 0 Å². The Hall–Kier alpha value is -1.35. The van der Waals surface area contributed by atoms with E-state index in [0.29, 0.717) is 13.2 Å². The molecular weight excluding hydrogens is 393 g/mol. The van der Waals surface area contributed by atoms with E-state index < -0.39 is 0 Å². The number of hydrogen-bond donors (Lipinski definition) is 2. The van der Waals surface area contributed by atoms with Gasteiger partial charge in [0, 0.05) is 27.2 Å². The highest BCUT2D eigenvalue weighted by Gasteiger charge is 2.09. The summed E-state index contributed by atoms with van der Waals surface area (Å²) in [5.41, 5.74) is 2.14. The molecule has 0 aliphatic heterocycles. The topological polar surface area (TPSA) is 63.5 Å². The number of rotatable bonds is 5. The zero-order valence-corrected chi connectivity index (χ0v) is 15.8. The number of guanidine groups is 1. The highest BCUT2D eigenvalue weighted by atomic mass is 127. The Kier molecular flexibility index (Phi) is 7.60. The second-order valence-electron chi connectivity index (χ2n) is 5.00. The lowest BCUT2D eigenvalue weighted by atomic mass is 10.3. The molecular formula is C15H24IN5O. The normalized spacial score (nSPS) is 12.8. The summed E-state index contributed by atoms with van der Waals surface area (Å²) in [7, 11) is 5.47. The molecule has 22 heavy (non-hydrogen) atoms. The van der Waals surface area contributed by atoms with Gasteiger partial charge in [-0.2, -0.15) is 0 Å². The Bertz CT molecular complexity index is 625. The van der Waals surface area contributed by atoms with E-state index in [4.69, 9.17) is 4.74 Å². The van der Waals surface area contributed by atoms with Crippen LogP contribution >= 0.6 is 24.0 Å². The molecule has 1 atom stereocenters. The van der Waals surface area contributed by atoms with Crippen LogP contribution in [0.25, 0.3) is 11.0 Å². The van der Waals surface area contributed by atoms with Crippen LogP contribution in [-0.4, -0.2) is 42.3 Å². The quantitative estimate of drug-likeness (QED) is 0.443. The molecule has 0 spiro atoms. The first-order chi connectivity index (χ1) is 10.2. The minimum Gasteiger partial charge on any atom is -0.383 e. The number of aryl methyl sites for hydroxylation is 1. The summed E-state index contributed by atoms with van der Waals surface area (Å²) in [5.74, 6) is 1.71. The third-order valence-electron chi connectivity index (χ3n) is 3.32. The van der Waals surface area contributed by atoms with Gasteiger partial charge in [0.2, 0.25) is 0 Å². The van der Waals surface area contributed by atoms with Crippen molar-refractivity contribution in [2.75, 3.05) is 20.8 Å². The molecule has 0 fully saturated rings. The molecule has 2 N–H and O–H groups in total. The number of methoxy groups -OCH3 is 1. The van der Waals surface area contributed by atoms with E-state index in [-0.39, 0.29) is 30.0 Å². The zero-order valence-electron chi connectivity index (χ0n) is 13.5. The van der Waals surface area contributed by atoms with E-state index in [0.717, 1.165) is 22.8 Å². The van der Waals surface area contributed by atoms with Crippen LogP contribution in [0.4, 0.5) is 0 Å². The Morgan fingerprint density at radius 3 is 2.77 bits per heavy atom. The molecule has 0 radical (unpaired) electrons. The van der Waals surface area contributed by atoms with E-state index in [1.165, 1.54) is 0 Å². The van der Waals surface area contributed by atoms with Crippen molar-refractivity contribution in [1.82, 2.24) is 20.2 Å². The van der Waals surface area contributed by atoms with Crippen molar-refractivity contribution >= 4 is 41.0 Å². The number of imidazole rings is 1. The SMILES string of the molecule is CN=C(NCc1nc2ccccc2n1C)NC(C)COC.I. The van der Waals surface area contributed by atoms with Gasteiger partial charge >= 0.3 is 0 Å². The molecule has 6 nitrogen and oxygen atoms in total. The molecule has 1 aromatic carbocycles. The Morgan fingerprint density at radius 2 is 2.14 bits per heavy atom. The molecule has 2 rings (SSSR count). The molecule has 1 unspecified atom stereocenters. The van der Waals surface area contributed by atoms with E-state index in [1.807, 2.05) is 32.2 Å². The molecule has 2 aromatic rings. The van der Waals surface area contributed by atoms with Crippen molar-refractivity contribution in [3.05, 3.63) is 30.1 Å². The standard InChI is InChI=1S/C15H23N5O.HI/c1-11(10-21-4)18-15(16-2)17-9-14-19-12-7-5-6-8-13(12)20(14)3;/h5-8,11H,9-10H2,1-4H3,(H2,16,17,18);1H. The van der Waals surface area contributed by atoms with Crippen molar-refractivity contribution in [1.29, 1.82) is 0 Å². The van der Waals surface area contributed by atoms with Crippen molar-refractivity contribution in [3.8, 4) is 0 Å². The zero-order chi connectivity index (χ0) is 15.2. The van der Waals surface area contributed by atoms with Gasteiger partial charge in [0.05, 0.1) is 24.2 Å². The summed E-state index contributed by atoms with van der Waals surface area (Å²) in [6, 6.07) is 8.31. The fourth-order valence-corrected chi connectivity index (χ4v) is 2.24. The third-order valence-corrected chi connectivity index (χ3v) is 3.32. The van der Waals surface area contributed by atoms with Crippen molar-refractivity contribution < 1.29 is 4.74 Å². The predicted octanol–water partition coefficient (Wildman–Crippen LogP) is 1.89. The van der Waals surface area contributed by atoms with Gasteiger partial charge in [0.1, 0.15) is 5.82 Å². The number of ether oxygens (including phenoxy) is 1. The van der Waals surface area contributed by atoms with Crippen molar-refractivity contribution in [3.63, 3.8) is 0 Å². The highest BCUT2D eigenvalue weighted by molar-refractivity contribution is 14.0. The number of halogens is 1. The first-order valence-electron chi connectivity index (χ1n) is 7.02. The van der Waals surface area contributed by atoms with Crippen molar-refractivity contribution in [2.24, 2.45) is 12.0 Å². The number of hydrogen-bond acceptors (Lipinski definition) is 3. The molecule has 0 aliphatic carbocycles. The molecule has 0 bridgehead atoms. The second kappa shape index (κ2) is 8.94. The molecule has 1 heterocycles. The smallest absolute Gasteiger partial charge is 0.191 e. The van der Waals surface area contributed by atoms with Gasteiger partial charge in [-0.1, -0.05) is 12.1 Å². The molecule has 1 aromatic heterocycles. The van der Waals surface area contributed by atoms with Gasteiger partial charge in [0.25, 0.3) is 0 Å². The fraction of sp³-hybridized carbons (Fsp3) is 0.467. The van der Waals surface area contributed by atoms with Gasteiger partial charge < -0.3 is 19.9 Å². The average molecular weight is 417 g/mol. The summed E-state index contributed by atoms with van der Waals surface area (Å²) in [6.45, 7) is 3.29. The van der Waals surface area contributed by atoms with Crippen LogP contribution in [0, 0.1) is 0 Å². The lowest BCUT2D eigenvalue weighted by molar-refractivity contribution is 0.179. The van der Waals surface area contributed by atoms with Crippen LogP contribution in [-0.2, 0) is 18.3 Å².